The third-order valence-corrected chi connectivity index (χ3v) is 8.78. The average Bonchev–Trinajstić information content (AvgIpc) is 3.66. The summed E-state index contributed by atoms with van der Waals surface area (Å²) in [6, 6.07) is 13.6. The van der Waals surface area contributed by atoms with Crippen molar-refractivity contribution in [1.29, 1.82) is 5.26 Å². The van der Waals surface area contributed by atoms with Crippen molar-refractivity contribution in [3.63, 3.8) is 0 Å². The van der Waals surface area contributed by atoms with Crippen LogP contribution < -0.4 is 20.7 Å². The highest BCUT2D eigenvalue weighted by atomic mass is 35.5. The van der Waals surface area contributed by atoms with Gasteiger partial charge in [0.25, 0.3) is 5.91 Å². The van der Waals surface area contributed by atoms with Gasteiger partial charge in [0.15, 0.2) is 12.8 Å². The molecule has 16 heteroatoms. The van der Waals surface area contributed by atoms with E-state index in [-0.39, 0.29) is 23.8 Å². The van der Waals surface area contributed by atoms with Crippen LogP contribution in [0, 0.1) is 11.5 Å². The van der Waals surface area contributed by atoms with Crippen LogP contribution in [0.15, 0.2) is 53.5 Å². The molecule has 6 rings (SSSR count). The molecule has 1 amide bonds. The summed E-state index contributed by atoms with van der Waals surface area (Å²) in [5, 5.41) is 18.7. The molecular formula is C32H34ClF3N10O2. The quantitative estimate of drug-likeness (QED) is 0.116. The van der Waals surface area contributed by atoms with Gasteiger partial charge in [-0.3, -0.25) is 10.1 Å². The van der Waals surface area contributed by atoms with Crippen molar-refractivity contribution in [2.45, 2.75) is 56.3 Å². The number of carbonyl (C=O) groups excluding carboxylic acids is 1. The molecule has 1 saturated heterocycles. The summed E-state index contributed by atoms with van der Waals surface area (Å²) >= 11 is 6.04. The largest absolute Gasteiger partial charge is 0.454 e. The van der Waals surface area contributed by atoms with Gasteiger partial charge in [0, 0.05) is 42.5 Å². The summed E-state index contributed by atoms with van der Waals surface area (Å²) in [5.74, 6) is 0.431. The topological polar surface area (TPSA) is 144 Å². The maximum atomic E-state index is 13.3. The molecule has 0 unspecified atom stereocenters. The normalized spacial score (nSPS) is 17.9. The lowest BCUT2D eigenvalue weighted by molar-refractivity contribution is -0.154. The molecule has 2 aromatic carbocycles. The zero-order valence-electron chi connectivity index (χ0n) is 25.9. The Morgan fingerprint density at radius 3 is 2.25 bits per heavy atom. The maximum absolute atomic E-state index is 13.3. The molecule has 1 aliphatic heterocycles. The van der Waals surface area contributed by atoms with Gasteiger partial charge in [-0.2, -0.15) is 33.4 Å². The van der Waals surface area contributed by atoms with Crippen LogP contribution in [0.4, 0.5) is 30.8 Å². The predicted octanol–water partition coefficient (Wildman–Crippen LogP) is 5.44. The Balaban J connectivity index is 1.11. The standard InChI is InChI=1S/C32H34ClF3N10O2/c33-23-9-7-22(8-10-23)31(13-14-31)44-28-41-27(42-30(43-28)48-19-32(34,35)36)39-25-11-5-21(6-12-25)26(47)45-15-17-46(18-16-45)29(38-20-37)40-24-3-1-2-4-24/h5-12,24H,1-4,13-19H2,(H,38,40)(H2,39,41,42,43,44). The lowest BCUT2D eigenvalue weighted by atomic mass is 10.1. The van der Waals surface area contributed by atoms with Gasteiger partial charge in [0.1, 0.15) is 0 Å². The Bertz CT molecular complexity index is 1660. The molecule has 1 aromatic heterocycles. The lowest BCUT2D eigenvalue weighted by Crippen LogP contribution is -2.53. The van der Waals surface area contributed by atoms with Gasteiger partial charge in [0.05, 0.1) is 11.6 Å². The van der Waals surface area contributed by atoms with Crippen LogP contribution >= 0.6 is 11.6 Å². The van der Waals surface area contributed by atoms with Crippen LogP contribution in [0.5, 0.6) is 6.01 Å². The molecule has 12 nitrogen and oxygen atoms in total. The van der Waals surface area contributed by atoms with Crippen LogP contribution in [0.2, 0.25) is 5.02 Å². The van der Waals surface area contributed by atoms with Crippen LogP contribution in [0.3, 0.4) is 0 Å². The summed E-state index contributed by atoms with van der Waals surface area (Å²) < 4.78 is 43.7. The number of nitrogens with zero attached hydrogens (tertiary/aromatic N) is 7. The summed E-state index contributed by atoms with van der Waals surface area (Å²) in [6.45, 7) is 0.453. The van der Waals surface area contributed by atoms with Crippen molar-refractivity contribution in [3.05, 3.63) is 64.7 Å². The molecule has 0 radical (unpaired) electrons. The second-order valence-corrected chi connectivity index (χ2v) is 12.4. The fourth-order valence-electron chi connectivity index (χ4n) is 5.85. The van der Waals surface area contributed by atoms with E-state index in [1.807, 2.05) is 23.2 Å². The van der Waals surface area contributed by atoms with Crippen molar-refractivity contribution < 1.29 is 22.7 Å². The minimum atomic E-state index is -4.58. The van der Waals surface area contributed by atoms with Gasteiger partial charge in [0.2, 0.25) is 17.9 Å². The highest BCUT2D eigenvalue weighted by Gasteiger charge is 2.45. The first-order chi connectivity index (χ1) is 23.1. The highest BCUT2D eigenvalue weighted by Crippen LogP contribution is 2.48. The number of ether oxygens (including phenoxy) is 1. The number of hydrogen-bond acceptors (Lipinski definition) is 9. The Labute approximate surface area is 280 Å². The third-order valence-electron chi connectivity index (χ3n) is 8.53. The number of amides is 1. The molecule has 3 N–H and O–H groups in total. The van der Waals surface area contributed by atoms with E-state index in [1.54, 1.807) is 41.3 Å². The predicted molar refractivity (Wildman–Crippen MR) is 173 cm³/mol. The van der Waals surface area contributed by atoms with Crippen molar-refractivity contribution >= 4 is 41.1 Å². The Morgan fingerprint density at radius 2 is 1.62 bits per heavy atom. The Hall–Kier alpha value is -4.84. The molecular weight excluding hydrogens is 649 g/mol. The molecule has 0 atom stereocenters. The van der Waals surface area contributed by atoms with Gasteiger partial charge < -0.3 is 25.2 Å². The van der Waals surface area contributed by atoms with Crippen molar-refractivity contribution in [2.75, 3.05) is 43.4 Å². The maximum Gasteiger partial charge on any atom is 0.422 e. The number of nitriles is 1. The molecule has 3 fully saturated rings. The first kappa shape index (κ1) is 33.1. The van der Waals surface area contributed by atoms with E-state index in [9.17, 15) is 23.2 Å². The summed E-state index contributed by atoms with van der Waals surface area (Å²) in [5.41, 5.74) is 1.42. The number of aliphatic imine (C=N–C) groups is 1. The number of nitrogens with one attached hydrogen (secondary N) is 3. The number of hydrogen-bond donors (Lipinski definition) is 3. The third kappa shape index (κ3) is 8.35. The number of guanidine groups is 1. The second-order valence-electron chi connectivity index (χ2n) is 12.0. The lowest BCUT2D eigenvalue weighted by Gasteiger charge is -2.36. The molecule has 3 aromatic rings. The number of carbonyl (C=O) groups is 1. The van der Waals surface area contributed by atoms with E-state index in [2.05, 4.69) is 30.9 Å². The molecule has 2 aliphatic carbocycles. The molecule has 48 heavy (non-hydrogen) atoms. The van der Waals surface area contributed by atoms with E-state index >= 15 is 0 Å². The molecule has 2 heterocycles. The Kier molecular flexibility index (Phi) is 9.72. The molecule has 0 bridgehead atoms. The smallest absolute Gasteiger partial charge is 0.422 e. The minimum Gasteiger partial charge on any atom is -0.454 e. The zero-order valence-corrected chi connectivity index (χ0v) is 26.7. The van der Waals surface area contributed by atoms with Crippen LogP contribution in [0.25, 0.3) is 0 Å². The number of anilines is 3. The SMILES string of the molecule is N#CNC(=NC1CCCC1)N1CCN(C(=O)c2ccc(Nc3nc(NC4(c5ccc(Cl)cc5)CC4)nc(OCC(F)(F)F)n3)cc2)CC1. The number of alkyl halides is 3. The first-order valence-corrected chi connectivity index (χ1v) is 16.1. The summed E-state index contributed by atoms with van der Waals surface area (Å²) in [4.78, 5) is 34.3. The number of aromatic nitrogens is 3. The van der Waals surface area contributed by atoms with E-state index in [0.717, 1.165) is 44.1 Å². The van der Waals surface area contributed by atoms with Gasteiger partial charge in [-0.05, 0) is 67.6 Å². The molecule has 0 spiro atoms. The van der Waals surface area contributed by atoms with E-state index in [0.29, 0.717) is 48.4 Å². The fourth-order valence-corrected chi connectivity index (χ4v) is 5.98. The summed E-state index contributed by atoms with van der Waals surface area (Å²) in [6.07, 6.45) is 3.24. The fraction of sp³-hybridized carbons (Fsp3) is 0.438. The van der Waals surface area contributed by atoms with Crippen LogP contribution in [0.1, 0.15) is 54.4 Å². The Morgan fingerprint density at radius 1 is 0.979 bits per heavy atom. The number of rotatable bonds is 9. The molecule has 252 valence electrons. The van der Waals surface area contributed by atoms with Gasteiger partial charge in [-0.1, -0.05) is 36.6 Å². The first-order valence-electron chi connectivity index (χ1n) is 15.7. The van der Waals surface area contributed by atoms with Gasteiger partial charge in [-0.25, -0.2) is 4.99 Å². The number of piperazine rings is 1. The van der Waals surface area contributed by atoms with Crippen molar-refractivity contribution in [2.24, 2.45) is 4.99 Å². The number of benzene rings is 2. The van der Waals surface area contributed by atoms with Crippen molar-refractivity contribution in [3.8, 4) is 12.2 Å². The highest BCUT2D eigenvalue weighted by molar-refractivity contribution is 6.30. The molecule has 2 saturated carbocycles. The van der Waals surface area contributed by atoms with Gasteiger partial charge >= 0.3 is 12.2 Å². The molecule has 3 aliphatic rings. The monoisotopic (exact) mass is 682 g/mol. The van der Waals surface area contributed by atoms with Crippen molar-refractivity contribution in [1.82, 2.24) is 30.1 Å². The van der Waals surface area contributed by atoms with Crippen LogP contribution in [-0.4, -0.2) is 81.6 Å². The second kappa shape index (κ2) is 14.1. The van der Waals surface area contributed by atoms with E-state index in [4.69, 9.17) is 21.3 Å². The van der Waals surface area contributed by atoms with E-state index in [1.165, 1.54) is 0 Å². The average molecular weight is 683 g/mol. The number of halogens is 4. The minimum absolute atomic E-state index is 0.0344. The summed E-state index contributed by atoms with van der Waals surface area (Å²) in [7, 11) is 0. The van der Waals surface area contributed by atoms with E-state index < -0.39 is 24.3 Å². The van der Waals surface area contributed by atoms with Gasteiger partial charge in [-0.15, -0.1) is 0 Å². The zero-order chi connectivity index (χ0) is 33.7. The van der Waals surface area contributed by atoms with Crippen LogP contribution in [-0.2, 0) is 5.54 Å².